The lowest BCUT2D eigenvalue weighted by atomic mass is 10.1. The first-order valence-electron chi connectivity index (χ1n) is 7.09. The lowest BCUT2D eigenvalue weighted by molar-refractivity contribution is 0.665. The molecule has 3 aromatic heterocycles. The molecule has 0 spiro atoms. The van der Waals surface area contributed by atoms with E-state index in [0.29, 0.717) is 0 Å². The molecule has 3 nitrogen and oxygen atoms in total. The molecule has 0 amide bonds. The summed E-state index contributed by atoms with van der Waals surface area (Å²) in [6, 6.07) is 13.0. The smallest absolute Gasteiger partial charge is 0.122 e. The van der Waals surface area contributed by atoms with E-state index < -0.39 is 0 Å². The summed E-state index contributed by atoms with van der Waals surface area (Å²) in [6.45, 7) is 4.26. The zero-order chi connectivity index (χ0) is 15.3. The van der Waals surface area contributed by atoms with Crippen LogP contribution in [0.5, 0.6) is 0 Å². The third kappa shape index (κ3) is 2.17. The first kappa shape index (κ1) is 13.7. The normalized spacial score (nSPS) is 11.4. The van der Waals surface area contributed by atoms with Gasteiger partial charge >= 0.3 is 0 Å². The number of benzene rings is 1. The molecule has 5 heteroatoms. The Kier molecular flexibility index (Phi) is 3.13. The van der Waals surface area contributed by atoms with E-state index in [-0.39, 0.29) is 0 Å². The molecule has 0 saturated carbocycles. The minimum absolute atomic E-state index is 0.980. The van der Waals surface area contributed by atoms with Crippen molar-refractivity contribution >= 4 is 33.7 Å². The van der Waals surface area contributed by atoms with Crippen molar-refractivity contribution in [3.63, 3.8) is 0 Å². The largest absolute Gasteiger partial charge is 0.187 e. The maximum Gasteiger partial charge on any atom is 0.122 e. The summed E-state index contributed by atoms with van der Waals surface area (Å²) >= 11 is 3.59. The van der Waals surface area contributed by atoms with Gasteiger partial charge in [0.1, 0.15) is 11.0 Å². The summed E-state index contributed by atoms with van der Waals surface area (Å²) in [5.74, 6) is 0. The molecule has 4 aromatic rings. The lowest BCUT2D eigenvalue weighted by Gasteiger charge is -2.03. The number of nitrogens with zero attached hydrogens (tertiary/aromatic N) is 3. The van der Waals surface area contributed by atoms with Gasteiger partial charge in [-0.05, 0) is 38.1 Å². The molecule has 0 bridgehead atoms. The van der Waals surface area contributed by atoms with Gasteiger partial charge in [0.2, 0.25) is 0 Å². The van der Waals surface area contributed by atoms with Gasteiger partial charge < -0.3 is 0 Å². The van der Waals surface area contributed by atoms with E-state index in [1.54, 1.807) is 27.5 Å². The summed E-state index contributed by atoms with van der Waals surface area (Å²) in [7, 11) is 1.88. The number of aryl methyl sites for hydroxylation is 3. The molecular weight excluding hydrogens is 310 g/mol. The topological polar surface area (TPSA) is 30.7 Å². The van der Waals surface area contributed by atoms with Crippen molar-refractivity contribution in [3.05, 3.63) is 46.2 Å². The van der Waals surface area contributed by atoms with Crippen molar-refractivity contribution in [2.45, 2.75) is 13.8 Å². The van der Waals surface area contributed by atoms with Gasteiger partial charge in [0.15, 0.2) is 0 Å². The summed E-state index contributed by atoms with van der Waals surface area (Å²) < 4.78 is 0. The molecule has 110 valence electrons. The van der Waals surface area contributed by atoms with Gasteiger partial charge in [0.25, 0.3) is 0 Å². The molecule has 0 atom stereocenters. The summed E-state index contributed by atoms with van der Waals surface area (Å²) in [5.41, 5.74) is 4.29. The number of hydrogen-bond acceptors (Lipinski definition) is 4. The van der Waals surface area contributed by atoms with E-state index in [9.17, 15) is 0 Å². The van der Waals surface area contributed by atoms with E-state index in [2.05, 4.69) is 60.4 Å². The van der Waals surface area contributed by atoms with Crippen molar-refractivity contribution < 1.29 is 0 Å². The van der Waals surface area contributed by atoms with Crippen LogP contribution in [0.4, 0.5) is 0 Å². The molecule has 0 saturated heterocycles. The van der Waals surface area contributed by atoms with Crippen LogP contribution in [-0.2, 0) is 7.05 Å². The quantitative estimate of drug-likeness (QED) is 0.517. The zero-order valence-electron chi connectivity index (χ0n) is 12.6. The Bertz CT molecular complexity index is 898. The minimum atomic E-state index is 0.980. The molecule has 3 heterocycles. The standard InChI is InChI=1S/C17H15N3S2/c1-10-4-8-14(21-10)12-6-7-13(15-9-5-11(2)22-15)17-16(12)18-20(3)19-17/h4-9H,1-3H3. The van der Waals surface area contributed by atoms with Crippen molar-refractivity contribution in [1.29, 1.82) is 0 Å². The van der Waals surface area contributed by atoms with Gasteiger partial charge in [-0.25, -0.2) is 0 Å². The van der Waals surface area contributed by atoms with Crippen LogP contribution in [0.15, 0.2) is 36.4 Å². The van der Waals surface area contributed by atoms with E-state index in [4.69, 9.17) is 0 Å². The lowest BCUT2D eigenvalue weighted by Crippen LogP contribution is -1.90. The molecule has 0 aliphatic rings. The molecular formula is C17H15N3S2. The predicted octanol–water partition coefficient (Wildman–Crippen LogP) is 5.04. The molecule has 0 aliphatic carbocycles. The molecule has 4 rings (SSSR count). The van der Waals surface area contributed by atoms with Gasteiger partial charge in [-0.15, -0.1) is 22.7 Å². The summed E-state index contributed by atoms with van der Waals surface area (Å²) in [4.78, 5) is 6.78. The molecule has 0 aliphatic heterocycles. The average molecular weight is 325 g/mol. The third-order valence-electron chi connectivity index (χ3n) is 3.65. The summed E-state index contributed by atoms with van der Waals surface area (Å²) in [5, 5.41) is 9.22. The van der Waals surface area contributed by atoms with Crippen molar-refractivity contribution in [2.75, 3.05) is 0 Å². The van der Waals surface area contributed by atoms with Crippen LogP contribution in [-0.4, -0.2) is 15.0 Å². The highest BCUT2D eigenvalue weighted by molar-refractivity contribution is 7.16. The van der Waals surface area contributed by atoms with Crippen LogP contribution in [0.25, 0.3) is 31.9 Å². The Balaban J connectivity index is 1.99. The maximum absolute atomic E-state index is 4.61. The molecule has 0 fully saturated rings. The predicted molar refractivity (Wildman–Crippen MR) is 94.6 cm³/mol. The van der Waals surface area contributed by atoms with Gasteiger partial charge in [-0.3, -0.25) is 0 Å². The van der Waals surface area contributed by atoms with E-state index in [1.165, 1.54) is 30.6 Å². The SMILES string of the molecule is Cc1ccc(-c2ccc(-c3ccc(C)s3)c3nn(C)nc23)s1. The number of hydrogen-bond donors (Lipinski definition) is 0. The Labute approximate surface area is 136 Å². The average Bonchev–Trinajstić information content (AvgIpc) is 3.17. The van der Waals surface area contributed by atoms with Gasteiger partial charge in [0, 0.05) is 37.7 Å². The van der Waals surface area contributed by atoms with E-state index in [0.717, 1.165) is 11.0 Å². The second kappa shape index (κ2) is 5.04. The van der Waals surface area contributed by atoms with Crippen LogP contribution in [0, 0.1) is 13.8 Å². The second-order valence-corrected chi connectivity index (χ2v) is 7.94. The maximum atomic E-state index is 4.61. The molecule has 1 aromatic carbocycles. The second-order valence-electron chi connectivity index (χ2n) is 5.37. The van der Waals surface area contributed by atoms with Gasteiger partial charge in [-0.2, -0.15) is 15.0 Å². The number of rotatable bonds is 2. The fraction of sp³-hybridized carbons (Fsp3) is 0.176. The highest BCUT2D eigenvalue weighted by Gasteiger charge is 2.15. The Morgan fingerprint density at radius 1 is 0.727 bits per heavy atom. The highest BCUT2D eigenvalue weighted by atomic mass is 32.1. The fourth-order valence-electron chi connectivity index (χ4n) is 2.65. The number of aromatic nitrogens is 3. The minimum Gasteiger partial charge on any atom is -0.187 e. The van der Waals surface area contributed by atoms with Crippen LogP contribution in [0.2, 0.25) is 0 Å². The van der Waals surface area contributed by atoms with Crippen molar-refractivity contribution in [3.8, 4) is 20.9 Å². The monoisotopic (exact) mass is 325 g/mol. The number of thiophene rings is 2. The van der Waals surface area contributed by atoms with Crippen molar-refractivity contribution in [2.24, 2.45) is 7.05 Å². The first-order chi connectivity index (χ1) is 10.6. The Morgan fingerprint density at radius 3 is 1.55 bits per heavy atom. The Morgan fingerprint density at radius 2 is 1.18 bits per heavy atom. The summed E-state index contributed by atoms with van der Waals surface area (Å²) in [6.07, 6.45) is 0. The highest BCUT2D eigenvalue weighted by Crippen LogP contribution is 2.38. The van der Waals surface area contributed by atoms with Crippen LogP contribution < -0.4 is 0 Å². The van der Waals surface area contributed by atoms with Gasteiger partial charge in [0.05, 0.1) is 0 Å². The third-order valence-corrected chi connectivity index (χ3v) is 5.72. The van der Waals surface area contributed by atoms with Crippen LogP contribution in [0.1, 0.15) is 9.75 Å². The van der Waals surface area contributed by atoms with Crippen LogP contribution >= 0.6 is 22.7 Å². The van der Waals surface area contributed by atoms with Crippen LogP contribution in [0.3, 0.4) is 0 Å². The molecule has 22 heavy (non-hydrogen) atoms. The first-order valence-corrected chi connectivity index (χ1v) is 8.73. The molecule has 0 N–H and O–H groups in total. The zero-order valence-corrected chi connectivity index (χ0v) is 14.3. The fourth-order valence-corrected chi connectivity index (χ4v) is 4.44. The Hall–Kier alpha value is -1.98. The van der Waals surface area contributed by atoms with Crippen molar-refractivity contribution in [1.82, 2.24) is 15.0 Å². The molecule has 0 radical (unpaired) electrons. The van der Waals surface area contributed by atoms with E-state index in [1.807, 2.05) is 7.05 Å². The van der Waals surface area contributed by atoms with E-state index >= 15 is 0 Å². The van der Waals surface area contributed by atoms with Gasteiger partial charge in [-0.1, -0.05) is 12.1 Å². The molecule has 0 unspecified atom stereocenters. The number of fused-ring (bicyclic) bond motifs is 1.